The highest BCUT2D eigenvalue weighted by Crippen LogP contribution is 2.30. The predicted molar refractivity (Wildman–Crippen MR) is 143 cm³/mol. The first-order valence-corrected chi connectivity index (χ1v) is 13.4. The number of carbonyl (C=O) groups excluding carboxylic acids is 2. The first-order valence-electron chi connectivity index (χ1n) is 11.5. The third kappa shape index (κ3) is 5.27. The van der Waals surface area contributed by atoms with Crippen LogP contribution >= 0.6 is 23.1 Å². The summed E-state index contributed by atoms with van der Waals surface area (Å²) >= 11 is 3.26. The Bertz CT molecular complexity index is 1340. The Kier molecular flexibility index (Phi) is 6.64. The highest BCUT2D eigenvalue weighted by atomic mass is 32.2. The molecule has 180 valence electrons. The average molecular weight is 506 g/mol. The lowest BCUT2D eigenvalue weighted by atomic mass is 9.94. The second kappa shape index (κ2) is 9.85. The van der Waals surface area contributed by atoms with Gasteiger partial charge in [0.15, 0.2) is 5.82 Å². The molecule has 9 heteroatoms. The Hall–Kier alpha value is -3.14. The second-order valence-corrected chi connectivity index (χ2v) is 11.2. The zero-order valence-corrected chi connectivity index (χ0v) is 21.3. The maximum Gasteiger partial charge on any atom is 0.262 e. The number of nitrogens with zero attached hydrogens (tertiary/aromatic N) is 2. The number of thioether (sulfide) groups is 1. The predicted octanol–water partition coefficient (Wildman–Crippen LogP) is 5.05. The monoisotopic (exact) mass is 505 g/mol. The Morgan fingerprint density at radius 1 is 1.09 bits per heavy atom. The van der Waals surface area contributed by atoms with Gasteiger partial charge in [-0.2, -0.15) is 5.10 Å². The molecule has 7 nitrogen and oxygen atoms in total. The normalized spacial score (nSPS) is 14.3. The van der Waals surface area contributed by atoms with Gasteiger partial charge in [0.1, 0.15) is 4.83 Å². The van der Waals surface area contributed by atoms with Gasteiger partial charge in [0.25, 0.3) is 11.8 Å². The van der Waals surface area contributed by atoms with E-state index in [-0.39, 0.29) is 11.8 Å². The van der Waals surface area contributed by atoms with Crippen molar-refractivity contribution in [2.45, 2.75) is 25.9 Å². The van der Waals surface area contributed by atoms with Crippen LogP contribution in [-0.2, 0) is 12.1 Å². The zero-order valence-electron chi connectivity index (χ0n) is 19.6. The number of hydrogen-bond donors (Lipinski definition) is 3. The number of benzene rings is 2. The van der Waals surface area contributed by atoms with E-state index in [9.17, 15) is 9.59 Å². The largest absolute Gasteiger partial charge is 0.342 e. The van der Waals surface area contributed by atoms with E-state index >= 15 is 0 Å². The minimum absolute atomic E-state index is 0.169. The summed E-state index contributed by atoms with van der Waals surface area (Å²) in [6.07, 6.45) is 0. The van der Waals surface area contributed by atoms with Gasteiger partial charge in [-0.3, -0.25) is 19.6 Å². The molecule has 2 aromatic heterocycles. The van der Waals surface area contributed by atoms with E-state index in [0.717, 1.165) is 29.4 Å². The zero-order chi connectivity index (χ0) is 24.4. The minimum Gasteiger partial charge on any atom is -0.342 e. The molecule has 0 saturated carbocycles. The van der Waals surface area contributed by atoms with E-state index < -0.39 is 5.54 Å². The first-order chi connectivity index (χ1) is 16.9. The van der Waals surface area contributed by atoms with Gasteiger partial charge in [0.05, 0.1) is 15.8 Å². The summed E-state index contributed by atoms with van der Waals surface area (Å²) < 4.78 is 0. The molecule has 4 aromatic rings. The Labute approximate surface area is 212 Å². The van der Waals surface area contributed by atoms with Crippen LogP contribution in [0.4, 0.5) is 5.82 Å². The fourth-order valence-corrected chi connectivity index (χ4v) is 5.96. The van der Waals surface area contributed by atoms with Crippen molar-refractivity contribution in [2.24, 2.45) is 0 Å². The minimum atomic E-state index is -0.523. The molecule has 2 aromatic carbocycles. The molecular weight excluding hydrogens is 478 g/mol. The molecule has 5 rings (SSSR count). The van der Waals surface area contributed by atoms with Crippen LogP contribution < -0.4 is 10.6 Å². The van der Waals surface area contributed by atoms with Crippen LogP contribution in [0.15, 0.2) is 60.7 Å². The van der Waals surface area contributed by atoms with Gasteiger partial charge in [0, 0.05) is 30.3 Å². The van der Waals surface area contributed by atoms with Crippen molar-refractivity contribution < 1.29 is 9.59 Å². The molecule has 0 bridgehead atoms. The van der Waals surface area contributed by atoms with Gasteiger partial charge in [-0.1, -0.05) is 42.5 Å². The van der Waals surface area contributed by atoms with E-state index in [4.69, 9.17) is 0 Å². The third-order valence-electron chi connectivity index (χ3n) is 6.08. The summed E-state index contributed by atoms with van der Waals surface area (Å²) in [7, 11) is 0. The molecule has 0 aliphatic carbocycles. The van der Waals surface area contributed by atoms with Crippen molar-refractivity contribution in [3.8, 4) is 0 Å². The van der Waals surface area contributed by atoms with Crippen LogP contribution in [-0.4, -0.2) is 45.1 Å². The number of amides is 2. The maximum absolute atomic E-state index is 13.0. The molecule has 0 spiro atoms. The highest BCUT2D eigenvalue weighted by Gasteiger charge is 2.25. The number of nitrogens with one attached hydrogen (secondary N) is 3. The summed E-state index contributed by atoms with van der Waals surface area (Å²) in [6, 6.07) is 19.3. The van der Waals surface area contributed by atoms with Crippen LogP contribution in [0.3, 0.4) is 0 Å². The fourth-order valence-electron chi connectivity index (χ4n) is 4.07. The van der Waals surface area contributed by atoms with Crippen LogP contribution in [0.2, 0.25) is 0 Å². The summed E-state index contributed by atoms with van der Waals surface area (Å²) in [4.78, 5) is 29.5. The van der Waals surface area contributed by atoms with Crippen LogP contribution in [0, 0.1) is 0 Å². The van der Waals surface area contributed by atoms with Crippen molar-refractivity contribution in [1.29, 1.82) is 0 Å². The van der Waals surface area contributed by atoms with Gasteiger partial charge >= 0.3 is 0 Å². The van der Waals surface area contributed by atoms with E-state index in [1.54, 1.807) is 6.07 Å². The topological polar surface area (TPSA) is 90.1 Å². The van der Waals surface area contributed by atoms with Crippen LogP contribution in [0.5, 0.6) is 0 Å². The Morgan fingerprint density at radius 2 is 1.86 bits per heavy atom. The lowest BCUT2D eigenvalue weighted by Gasteiger charge is -2.26. The molecule has 0 atom stereocenters. The van der Waals surface area contributed by atoms with Gasteiger partial charge in [0.2, 0.25) is 0 Å². The van der Waals surface area contributed by atoms with E-state index in [1.165, 1.54) is 22.7 Å². The number of hydrogen-bond acceptors (Lipinski definition) is 6. The van der Waals surface area contributed by atoms with Gasteiger partial charge in [-0.15, -0.1) is 23.1 Å². The Morgan fingerprint density at radius 3 is 2.57 bits per heavy atom. The SMILES string of the molecule is CC(C)(NC(=O)c1cc2c(NC(=O)c3ccc(CN4CCSC4)cc3)n[nH]c2s1)c1ccccc1. The molecule has 35 heavy (non-hydrogen) atoms. The number of carbonyl (C=O) groups is 2. The molecule has 1 aliphatic rings. The molecule has 0 unspecified atom stereocenters. The summed E-state index contributed by atoms with van der Waals surface area (Å²) in [6.45, 7) is 5.95. The number of aromatic amines is 1. The highest BCUT2D eigenvalue weighted by molar-refractivity contribution is 7.99. The standard InChI is InChI=1S/C26H27N5O2S2/c1-26(2,19-6-4-3-5-7-19)28-24(33)21-14-20-22(29-30-25(20)35-21)27-23(32)18-10-8-17(9-11-18)15-31-12-13-34-16-31/h3-11,14H,12-13,15-16H2,1-2H3,(H,28,33)(H2,27,29,30,32). The second-order valence-electron chi connectivity index (χ2n) is 9.11. The summed E-state index contributed by atoms with van der Waals surface area (Å²) in [5.74, 6) is 2.25. The van der Waals surface area contributed by atoms with Crippen molar-refractivity contribution in [3.63, 3.8) is 0 Å². The molecule has 1 aliphatic heterocycles. The number of anilines is 1. The molecular formula is C26H27N5O2S2. The smallest absolute Gasteiger partial charge is 0.262 e. The van der Waals surface area contributed by atoms with Crippen LogP contribution in [0.1, 0.15) is 45.0 Å². The molecule has 1 fully saturated rings. The van der Waals surface area contributed by atoms with Crippen molar-refractivity contribution in [2.75, 3.05) is 23.5 Å². The van der Waals surface area contributed by atoms with Crippen LogP contribution in [0.25, 0.3) is 10.2 Å². The first kappa shape index (κ1) is 23.6. The fraction of sp³-hybridized carbons (Fsp3) is 0.269. The van der Waals surface area contributed by atoms with Gasteiger partial charge in [-0.05, 0) is 43.2 Å². The van der Waals surface area contributed by atoms with Crippen molar-refractivity contribution in [3.05, 3.63) is 82.2 Å². The quantitative estimate of drug-likeness (QED) is 0.327. The Balaban J connectivity index is 1.26. The van der Waals surface area contributed by atoms with E-state index in [1.807, 2.05) is 80.2 Å². The number of rotatable bonds is 7. The number of fused-ring (bicyclic) bond motifs is 1. The third-order valence-corrected chi connectivity index (χ3v) is 8.14. The number of H-pyrrole nitrogens is 1. The number of thiophene rings is 1. The van der Waals surface area contributed by atoms with E-state index in [2.05, 4.69) is 25.7 Å². The molecule has 3 N–H and O–H groups in total. The average Bonchev–Trinajstić information content (AvgIpc) is 3.59. The van der Waals surface area contributed by atoms with Gasteiger partial charge < -0.3 is 10.6 Å². The lowest BCUT2D eigenvalue weighted by Crippen LogP contribution is -2.40. The lowest BCUT2D eigenvalue weighted by molar-refractivity contribution is 0.0915. The van der Waals surface area contributed by atoms with E-state index in [0.29, 0.717) is 21.6 Å². The maximum atomic E-state index is 13.0. The van der Waals surface area contributed by atoms with Gasteiger partial charge in [-0.25, -0.2) is 0 Å². The summed E-state index contributed by atoms with van der Waals surface area (Å²) in [5, 5.41) is 13.9. The molecule has 2 amide bonds. The van der Waals surface area contributed by atoms with Crippen molar-refractivity contribution >= 4 is 50.9 Å². The number of aromatic nitrogens is 2. The molecule has 1 saturated heterocycles. The van der Waals surface area contributed by atoms with Crippen molar-refractivity contribution in [1.82, 2.24) is 20.4 Å². The molecule has 3 heterocycles. The molecule has 0 radical (unpaired) electrons. The summed E-state index contributed by atoms with van der Waals surface area (Å²) in [5.41, 5.74) is 2.26.